The lowest BCUT2D eigenvalue weighted by Gasteiger charge is -2.34. The number of likely N-dealkylation sites (tertiary alicyclic amines) is 2. The van der Waals surface area contributed by atoms with E-state index in [1.165, 1.54) is 13.5 Å². The molecule has 2 aliphatic heterocycles. The van der Waals surface area contributed by atoms with Crippen LogP contribution in [0.5, 0.6) is 0 Å². The lowest BCUT2D eigenvalue weighted by molar-refractivity contribution is -0.148. The van der Waals surface area contributed by atoms with Gasteiger partial charge in [-0.25, -0.2) is 0 Å². The van der Waals surface area contributed by atoms with Gasteiger partial charge < -0.3 is 9.64 Å². The average molecular weight is 268 g/mol. The van der Waals surface area contributed by atoms with E-state index in [4.69, 9.17) is 4.74 Å². The van der Waals surface area contributed by atoms with Crippen molar-refractivity contribution in [1.82, 2.24) is 9.80 Å². The van der Waals surface area contributed by atoms with E-state index in [-0.39, 0.29) is 24.0 Å². The third-order valence-corrected chi connectivity index (χ3v) is 4.29. The van der Waals surface area contributed by atoms with Gasteiger partial charge in [-0.3, -0.25) is 14.5 Å². The van der Waals surface area contributed by atoms with Crippen molar-refractivity contribution < 1.29 is 14.3 Å². The number of hydrogen-bond acceptors (Lipinski definition) is 4. The van der Waals surface area contributed by atoms with Crippen molar-refractivity contribution in [3.8, 4) is 0 Å². The van der Waals surface area contributed by atoms with E-state index in [0.29, 0.717) is 0 Å². The average Bonchev–Trinajstić information content (AvgIpc) is 2.95. The van der Waals surface area contributed by atoms with E-state index in [1.807, 2.05) is 16.7 Å². The Morgan fingerprint density at radius 3 is 2.42 bits per heavy atom. The van der Waals surface area contributed by atoms with Crippen LogP contribution in [0.4, 0.5) is 0 Å². The summed E-state index contributed by atoms with van der Waals surface area (Å²) in [4.78, 5) is 28.2. The summed E-state index contributed by atoms with van der Waals surface area (Å²) in [7, 11) is 1.41. The summed E-state index contributed by atoms with van der Waals surface area (Å²) in [5, 5.41) is 0. The molecular weight excluding hydrogens is 244 g/mol. The molecule has 2 atom stereocenters. The van der Waals surface area contributed by atoms with Crippen LogP contribution in [0, 0.1) is 0 Å². The number of esters is 1. The van der Waals surface area contributed by atoms with Crippen molar-refractivity contribution >= 4 is 11.9 Å². The second kappa shape index (κ2) is 6.37. The van der Waals surface area contributed by atoms with Gasteiger partial charge in [0.15, 0.2) is 0 Å². The number of carbonyl (C=O) groups is 2. The monoisotopic (exact) mass is 268 g/mol. The second-order valence-corrected chi connectivity index (χ2v) is 5.48. The molecule has 0 N–H and O–H groups in total. The molecule has 2 heterocycles. The van der Waals surface area contributed by atoms with Gasteiger partial charge in [-0.1, -0.05) is 0 Å². The number of carbonyl (C=O) groups excluding carboxylic acids is 2. The minimum atomic E-state index is -0.242. The van der Waals surface area contributed by atoms with E-state index in [2.05, 4.69) is 0 Å². The summed E-state index contributed by atoms with van der Waals surface area (Å²) in [5.74, 6) is -0.0497. The minimum Gasteiger partial charge on any atom is -0.468 e. The zero-order valence-corrected chi connectivity index (χ0v) is 11.9. The maximum atomic E-state index is 12.5. The van der Waals surface area contributed by atoms with Crippen LogP contribution in [0.15, 0.2) is 0 Å². The lowest BCUT2D eigenvalue weighted by atomic mass is 10.1. The lowest BCUT2D eigenvalue weighted by Crippen LogP contribution is -2.52. The van der Waals surface area contributed by atoms with Crippen LogP contribution in [0.2, 0.25) is 0 Å². The summed E-state index contributed by atoms with van der Waals surface area (Å²) >= 11 is 0. The highest BCUT2D eigenvalue weighted by Crippen LogP contribution is 2.23. The summed E-state index contributed by atoms with van der Waals surface area (Å²) in [6, 6.07) is -0.460. The molecule has 2 fully saturated rings. The van der Waals surface area contributed by atoms with Crippen molar-refractivity contribution in [2.24, 2.45) is 0 Å². The minimum absolute atomic E-state index is 0.163. The van der Waals surface area contributed by atoms with Crippen molar-refractivity contribution in [2.45, 2.75) is 51.1 Å². The van der Waals surface area contributed by atoms with Gasteiger partial charge in [0.25, 0.3) is 0 Å². The molecule has 0 saturated carbocycles. The molecule has 0 aromatic rings. The summed E-state index contributed by atoms with van der Waals surface area (Å²) < 4.78 is 4.83. The molecule has 5 nitrogen and oxygen atoms in total. The highest BCUT2D eigenvalue weighted by molar-refractivity contribution is 5.83. The van der Waals surface area contributed by atoms with Crippen LogP contribution in [-0.2, 0) is 14.3 Å². The van der Waals surface area contributed by atoms with E-state index in [1.54, 1.807) is 0 Å². The maximum Gasteiger partial charge on any atom is 0.323 e. The van der Waals surface area contributed by atoms with Gasteiger partial charge in [0.05, 0.1) is 13.2 Å². The SMILES string of the molecule is COC(=O)C1CCCN1C(C)C(=O)N1CCCCC1. The molecule has 0 spiro atoms. The molecule has 0 bridgehead atoms. The Morgan fingerprint density at radius 2 is 1.79 bits per heavy atom. The Labute approximate surface area is 114 Å². The van der Waals surface area contributed by atoms with Crippen LogP contribution in [0.25, 0.3) is 0 Å². The van der Waals surface area contributed by atoms with E-state index >= 15 is 0 Å². The Morgan fingerprint density at radius 1 is 1.11 bits per heavy atom. The van der Waals surface area contributed by atoms with Crippen LogP contribution in [-0.4, -0.2) is 60.5 Å². The highest BCUT2D eigenvalue weighted by atomic mass is 16.5. The first-order chi connectivity index (χ1) is 9.15. The molecule has 2 saturated heterocycles. The summed E-state index contributed by atoms with van der Waals surface area (Å²) in [6.45, 7) is 4.44. The fraction of sp³-hybridized carbons (Fsp3) is 0.857. The highest BCUT2D eigenvalue weighted by Gasteiger charge is 2.38. The van der Waals surface area contributed by atoms with Crippen molar-refractivity contribution in [2.75, 3.05) is 26.7 Å². The molecule has 0 radical (unpaired) electrons. The van der Waals surface area contributed by atoms with Crippen molar-refractivity contribution in [1.29, 1.82) is 0 Å². The number of piperidine rings is 1. The number of amides is 1. The largest absolute Gasteiger partial charge is 0.468 e. The van der Waals surface area contributed by atoms with Crippen molar-refractivity contribution in [3.63, 3.8) is 0 Å². The smallest absolute Gasteiger partial charge is 0.323 e. The first-order valence-corrected chi connectivity index (χ1v) is 7.27. The Kier molecular flexibility index (Phi) is 4.80. The summed E-state index contributed by atoms with van der Waals surface area (Å²) in [6.07, 6.45) is 5.16. The molecule has 2 rings (SSSR count). The number of rotatable bonds is 3. The van der Waals surface area contributed by atoms with Gasteiger partial charge in [-0.2, -0.15) is 0 Å². The van der Waals surface area contributed by atoms with Crippen LogP contribution < -0.4 is 0 Å². The van der Waals surface area contributed by atoms with E-state index in [0.717, 1.165) is 45.3 Å². The fourth-order valence-corrected chi connectivity index (χ4v) is 3.16. The zero-order chi connectivity index (χ0) is 13.8. The van der Waals surface area contributed by atoms with Gasteiger partial charge >= 0.3 is 5.97 Å². The van der Waals surface area contributed by atoms with Gasteiger partial charge in [0.2, 0.25) is 5.91 Å². The normalized spacial score (nSPS) is 26.2. The number of hydrogen-bond donors (Lipinski definition) is 0. The zero-order valence-electron chi connectivity index (χ0n) is 11.9. The van der Waals surface area contributed by atoms with Crippen LogP contribution >= 0.6 is 0 Å². The molecule has 0 aromatic heterocycles. The first kappa shape index (κ1) is 14.3. The first-order valence-electron chi connectivity index (χ1n) is 7.27. The molecule has 108 valence electrons. The number of methoxy groups -OCH3 is 1. The Bertz CT molecular complexity index is 340. The maximum absolute atomic E-state index is 12.5. The number of ether oxygens (including phenoxy) is 1. The molecule has 0 aliphatic carbocycles. The molecule has 2 unspecified atom stereocenters. The quantitative estimate of drug-likeness (QED) is 0.717. The predicted octanol–water partition coefficient (Wildman–Crippen LogP) is 1.02. The molecule has 2 aliphatic rings. The van der Waals surface area contributed by atoms with Gasteiger partial charge in [0, 0.05) is 13.1 Å². The van der Waals surface area contributed by atoms with Gasteiger partial charge in [-0.05, 0) is 45.6 Å². The van der Waals surface area contributed by atoms with E-state index in [9.17, 15) is 9.59 Å². The molecule has 0 aromatic carbocycles. The molecular formula is C14H24N2O3. The van der Waals surface area contributed by atoms with Gasteiger partial charge in [0.1, 0.15) is 6.04 Å². The fourth-order valence-electron chi connectivity index (χ4n) is 3.16. The topological polar surface area (TPSA) is 49.9 Å². The van der Waals surface area contributed by atoms with Crippen molar-refractivity contribution in [3.05, 3.63) is 0 Å². The Hall–Kier alpha value is -1.10. The van der Waals surface area contributed by atoms with E-state index < -0.39 is 0 Å². The molecule has 19 heavy (non-hydrogen) atoms. The predicted molar refractivity (Wildman–Crippen MR) is 71.6 cm³/mol. The second-order valence-electron chi connectivity index (χ2n) is 5.48. The molecule has 1 amide bonds. The molecule has 5 heteroatoms. The van der Waals surface area contributed by atoms with Gasteiger partial charge in [-0.15, -0.1) is 0 Å². The van der Waals surface area contributed by atoms with Crippen LogP contribution in [0.3, 0.4) is 0 Å². The third kappa shape index (κ3) is 3.08. The standard InChI is InChI=1S/C14H24N2O3/c1-11(13(17)15-8-4-3-5-9-15)16-10-6-7-12(16)14(18)19-2/h11-12H,3-10H2,1-2H3. The number of nitrogens with zero attached hydrogens (tertiary/aromatic N) is 2. The Balaban J connectivity index is 1.99. The third-order valence-electron chi connectivity index (χ3n) is 4.29. The van der Waals surface area contributed by atoms with Crippen LogP contribution in [0.1, 0.15) is 39.0 Å². The summed E-state index contributed by atoms with van der Waals surface area (Å²) in [5.41, 5.74) is 0.